The van der Waals surface area contributed by atoms with E-state index in [1.807, 2.05) is 23.7 Å². The lowest BCUT2D eigenvalue weighted by molar-refractivity contribution is -0.119. The van der Waals surface area contributed by atoms with Crippen molar-refractivity contribution in [2.24, 2.45) is 11.7 Å². The number of nitrogens with one attached hydrogen (secondary N) is 1. The number of anilines is 1. The summed E-state index contributed by atoms with van der Waals surface area (Å²) in [5.74, 6) is 0.0704. The van der Waals surface area contributed by atoms with E-state index in [4.69, 9.17) is 10.5 Å². The monoisotopic (exact) mass is 374 g/mol. The number of carbonyl (C=O) groups is 1. The van der Waals surface area contributed by atoms with Crippen LogP contribution >= 0.6 is 11.3 Å². The maximum Gasteiger partial charge on any atom is 0.241 e. The summed E-state index contributed by atoms with van der Waals surface area (Å²) in [5.41, 5.74) is 11.0. The van der Waals surface area contributed by atoms with Crippen molar-refractivity contribution in [3.8, 4) is 0 Å². The van der Waals surface area contributed by atoms with Crippen LogP contribution in [0.15, 0.2) is 35.2 Å². The Morgan fingerprint density at radius 2 is 2.23 bits per heavy atom. The summed E-state index contributed by atoms with van der Waals surface area (Å²) in [5, 5.41) is 5.02. The highest BCUT2D eigenvalue weighted by atomic mass is 32.1. The number of amides is 1. The van der Waals surface area contributed by atoms with Crippen LogP contribution in [0.25, 0.3) is 0 Å². The third kappa shape index (κ3) is 5.35. The molecule has 3 N–H and O–H groups in total. The molecule has 1 amide bonds. The van der Waals surface area contributed by atoms with Crippen molar-refractivity contribution < 1.29 is 9.53 Å². The fraction of sp³-hybridized carbons (Fsp3) is 0.474. The lowest BCUT2D eigenvalue weighted by Gasteiger charge is -2.26. The minimum Gasteiger partial charge on any atom is -0.381 e. The zero-order chi connectivity index (χ0) is 18.4. The summed E-state index contributed by atoms with van der Waals surface area (Å²) in [6.07, 6.45) is 1.69. The van der Waals surface area contributed by atoms with E-state index >= 15 is 0 Å². The van der Waals surface area contributed by atoms with Crippen LogP contribution in [0.5, 0.6) is 0 Å². The Morgan fingerprint density at radius 3 is 2.96 bits per heavy atom. The number of nitrogens with two attached hydrogens (primary N) is 1. The van der Waals surface area contributed by atoms with Gasteiger partial charge < -0.3 is 15.8 Å². The molecule has 140 valence electrons. The highest BCUT2D eigenvalue weighted by Gasteiger charge is 2.26. The molecule has 0 spiro atoms. The first kappa shape index (κ1) is 19.0. The summed E-state index contributed by atoms with van der Waals surface area (Å²) in [4.78, 5) is 19.0. The molecule has 1 fully saturated rings. The average molecular weight is 375 g/mol. The number of nitrogens with zero attached hydrogens (tertiary/aromatic N) is 2. The van der Waals surface area contributed by atoms with Crippen LogP contribution in [0.2, 0.25) is 0 Å². The normalized spacial score (nSPS) is 16.6. The molecule has 1 aliphatic rings. The van der Waals surface area contributed by atoms with E-state index in [-0.39, 0.29) is 11.8 Å². The van der Waals surface area contributed by atoms with E-state index in [2.05, 4.69) is 33.7 Å². The molecule has 6 nitrogen and oxygen atoms in total. The van der Waals surface area contributed by atoms with Crippen molar-refractivity contribution in [3.05, 3.63) is 46.4 Å². The highest BCUT2D eigenvalue weighted by molar-refractivity contribution is 7.07. The number of hydrogen-bond donors (Lipinski definition) is 2. The van der Waals surface area contributed by atoms with Gasteiger partial charge in [0.25, 0.3) is 0 Å². The Kier molecular flexibility index (Phi) is 6.73. The van der Waals surface area contributed by atoms with Crippen LogP contribution in [0, 0.1) is 5.92 Å². The predicted octanol–water partition coefficient (Wildman–Crippen LogP) is 2.47. The van der Waals surface area contributed by atoms with Gasteiger partial charge in [-0.25, -0.2) is 4.98 Å². The van der Waals surface area contributed by atoms with E-state index in [1.54, 1.807) is 11.3 Å². The maximum atomic E-state index is 12.5. The predicted molar refractivity (Wildman–Crippen MR) is 104 cm³/mol. The Bertz CT molecular complexity index is 701. The van der Waals surface area contributed by atoms with Gasteiger partial charge in [-0.15, -0.1) is 11.3 Å². The van der Waals surface area contributed by atoms with Crippen molar-refractivity contribution in [2.45, 2.75) is 32.0 Å². The first-order valence-corrected chi connectivity index (χ1v) is 9.85. The topological polar surface area (TPSA) is 80.5 Å². The molecule has 0 bridgehead atoms. The second-order valence-corrected chi connectivity index (χ2v) is 7.54. The molecular formula is C19H26N4O2S. The minimum atomic E-state index is -0.491. The van der Waals surface area contributed by atoms with Gasteiger partial charge in [0, 0.05) is 37.4 Å². The zero-order valence-corrected chi connectivity index (χ0v) is 15.9. The molecule has 0 saturated carbocycles. The van der Waals surface area contributed by atoms with Crippen LogP contribution in [0.4, 0.5) is 5.69 Å². The van der Waals surface area contributed by atoms with E-state index in [0.29, 0.717) is 13.2 Å². The molecule has 7 heteroatoms. The van der Waals surface area contributed by atoms with E-state index in [9.17, 15) is 4.79 Å². The van der Waals surface area contributed by atoms with Gasteiger partial charge in [-0.1, -0.05) is 12.1 Å². The molecule has 2 aromatic rings. The lowest BCUT2D eigenvalue weighted by Crippen LogP contribution is -2.44. The van der Waals surface area contributed by atoms with Gasteiger partial charge in [0.1, 0.15) is 0 Å². The molecule has 0 radical (unpaired) electrons. The number of carbonyl (C=O) groups excluding carboxylic acids is 1. The quantitative estimate of drug-likeness (QED) is 0.778. The molecular weight excluding hydrogens is 348 g/mol. The van der Waals surface area contributed by atoms with Crippen molar-refractivity contribution in [2.75, 3.05) is 25.6 Å². The van der Waals surface area contributed by atoms with Crippen LogP contribution in [0.1, 0.15) is 24.1 Å². The number of thiazole rings is 1. The number of hydrogen-bond acceptors (Lipinski definition) is 6. The third-order valence-corrected chi connectivity index (χ3v) is 5.27. The molecule has 1 atom stereocenters. The standard InChI is InChI=1S/C19H26N4O2S/c1-23(11-17-12-26-13-21-17)10-14-3-2-4-16(9-14)22-19(24)18(20)15-5-7-25-8-6-15/h2-4,9,12-13,15,18H,5-8,10-11,20H2,1H3,(H,22,24). The Morgan fingerprint density at radius 1 is 1.42 bits per heavy atom. The van der Waals surface area contributed by atoms with E-state index in [1.165, 1.54) is 0 Å². The lowest BCUT2D eigenvalue weighted by atomic mass is 9.92. The van der Waals surface area contributed by atoms with Gasteiger partial charge in [-0.2, -0.15) is 0 Å². The van der Waals surface area contributed by atoms with Gasteiger partial charge in [-0.05, 0) is 43.5 Å². The summed E-state index contributed by atoms with van der Waals surface area (Å²) in [6.45, 7) is 2.96. The molecule has 1 aromatic carbocycles. The highest BCUT2D eigenvalue weighted by Crippen LogP contribution is 2.19. The number of ether oxygens (including phenoxy) is 1. The van der Waals surface area contributed by atoms with Crippen LogP contribution < -0.4 is 11.1 Å². The van der Waals surface area contributed by atoms with Crippen molar-refractivity contribution in [1.29, 1.82) is 0 Å². The van der Waals surface area contributed by atoms with Crippen molar-refractivity contribution in [3.63, 3.8) is 0 Å². The Balaban J connectivity index is 1.55. The zero-order valence-electron chi connectivity index (χ0n) is 15.1. The van der Waals surface area contributed by atoms with Gasteiger partial charge >= 0.3 is 0 Å². The van der Waals surface area contributed by atoms with Gasteiger partial charge in [0.15, 0.2) is 0 Å². The summed E-state index contributed by atoms with van der Waals surface area (Å²) < 4.78 is 5.34. The molecule has 1 aromatic heterocycles. The van der Waals surface area contributed by atoms with Crippen molar-refractivity contribution >= 4 is 22.9 Å². The van der Waals surface area contributed by atoms with E-state index < -0.39 is 6.04 Å². The molecule has 26 heavy (non-hydrogen) atoms. The number of aromatic nitrogens is 1. The second kappa shape index (κ2) is 9.23. The molecule has 1 saturated heterocycles. The number of rotatable bonds is 7. The summed E-state index contributed by atoms with van der Waals surface area (Å²) in [7, 11) is 2.06. The van der Waals surface area contributed by atoms with Gasteiger partial charge in [-0.3, -0.25) is 9.69 Å². The summed E-state index contributed by atoms with van der Waals surface area (Å²) in [6, 6.07) is 7.44. The van der Waals surface area contributed by atoms with Crippen LogP contribution in [-0.4, -0.2) is 42.1 Å². The molecule has 0 aliphatic carbocycles. The first-order valence-electron chi connectivity index (χ1n) is 8.90. The minimum absolute atomic E-state index is 0.120. The molecule has 1 aliphatic heterocycles. The van der Waals surface area contributed by atoms with Gasteiger partial charge in [0.2, 0.25) is 5.91 Å². The van der Waals surface area contributed by atoms with E-state index in [0.717, 1.165) is 42.9 Å². The smallest absolute Gasteiger partial charge is 0.241 e. The first-order chi connectivity index (χ1) is 12.6. The Labute approximate surface area is 158 Å². The Hall–Kier alpha value is -1.80. The fourth-order valence-electron chi connectivity index (χ4n) is 3.22. The second-order valence-electron chi connectivity index (χ2n) is 6.82. The average Bonchev–Trinajstić information content (AvgIpc) is 3.15. The SMILES string of the molecule is CN(Cc1cccc(NC(=O)C(N)C2CCOCC2)c1)Cc1cscn1. The molecule has 2 heterocycles. The molecule has 3 rings (SSSR count). The van der Waals surface area contributed by atoms with Crippen LogP contribution in [0.3, 0.4) is 0 Å². The van der Waals surface area contributed by atoms with Gasteiger partial charge in [0.05, 0.1) is 17.2 Å². The van der Waals surface area contributed by atoms with Crippen LogP contribution in [-0.2, 0) is 22.6 Å². The number of benzene rings is 1. The summed E-state index contributed by atoms with van der Waals surface area (Å²) >= 11 is 1.61. The fourth-order valence-corrected chi connectivity index (χ4v) is 3.77. The third-order valence-electron chi connectivity index (χ3n) is 4.64. The molecule has 1 unspecified atom stereocenters. The van der Waals surface area contributed by atoms with Crippen molar-refractivity contribution in [1.82, 2.24) is 9.88 Å². The largest absolute Gasteiger partial charge is 0.381 e. The maximum absolute atomic E-state index is 12.5.